The van der Waals surface area contributed by atoms with E-state index in [2.05, 4.69) is 24.4 Å². The van der Waals surface area contributed by atoms with E-state index >= 15 is 0 Å². The number of hydrogen-bond donors (Lipinski definition) is 1. The van der Waals surface area contributed by atoms with Gasteiger partial charge in [0.15, 0.2) is 0 Å². The van der Waals surface area contributed by atoms with E-state index in [1.54, 1.807) is 22.7 Å². The van der Waals surface area contributed by atoms with Crippen molar-refractivity contribution >= 4 is 22.7 Å². The van der Waals surface area contributed by atoms with Crippen molar-refractivity contribution in [1.29, 1.82) is 0 Å². The molecule has 2 aromatic rings. The van der Waals surface area contributed by atoms with Gasteiger partial charge in [0.2, 0.25) is 0 Å². The van der Waals surface area contributed by atoms with Gasteiger partial charge in [-0.1, -0.05) is 12.5 Å². The molecule has 1 aliphatic carbocycles. The van der Waals surface area contributed by atoms with Gasteiger partial charge in [0.05, 0.1) is 17.2 Å². The predicted molar refractivity (Wildman–Crippen MR) is 72.8 cm³/mol. The number of nitrogens with zero attached hydrogens (tertiary/aromatic N) is 1. The van der Waals surface area contributed by atoms with Crippen molar-refractivity contribution < 1.29 is 5.11 Å². The van der Waals surface area contributed by atoms with E-state index in [0.717, 1.165) is 23.5 Å². The molecule has 3 rings (SSSR count). The van der Waals surface area contributed by atoms with E-state index < -0.39 is 0 Å². The zero-order valence-corrected chi connectivity index (χ0v) is 11.4. The lowest BCUT2D eigenvalue weighted by molar-refractivity contribution is 0.120. The molecule has 0 saturated heterocycles. The van der Waals surface area contributed by atoms with Crippen LogP contribution in [0.3, 0.4) is 0 Å². The van der Waals surface area contributed by atoms with Gasteiger partial charge in [-0.2, -0.15) is 0 Å². The van der Waals surface area contributed by atoms with Gasteiger partial charge in [0, 0.05) is 10.3 Å². The Bertz CT molecular complexity index is 506. The van der Waals surface area contributed by atoms with E-state index in [0.29, 0.717) is 0 Å². The van der Waals surface area contributed by atoms with Crippen molar-refractivity contribution in [3.63, 3.8) is 0 Å². The van der Waals surface area contributed by atoms with Gasteiger partial charge in [0.1, 0.15) is 5.01 Å². The van der Waals surface area contributed by atoms with Crippen molar-refractivity contribution in [2.75, 3.05) is 6.61 Å². The van der Waals surface area contributed by atoms with Gasteiger partial charge in [0.25, 0.3) is 0 Å². The van der Waals surface area contributed by atoms with Crippen LogP contribution in [0, 0.1) is 6.92 Å². The van der Waals surface area contributed by atoms with Gasteiger partial charge in [-0.15, -0.1) is 22.7 Å². The first kappa shape index (κ1) is 11.4. The maximum Gasteiger partial charge on any atom is 0.102 e. The Morgan fingerprint density at radius 3 is 2.82 bits per heavy atom. The molecule has 0 amide bonds. The Balaban J connectivity index is 2.01. The summed E-state index contributed by atoms with van der Waals surface area (Å²) < 4.78 is 0. The number of aromatic nitrogens is 1. The van der Waals surface area contributed by atoms with Gasteiger partial charge in [-0.25, -0.2) is 4.98 Å². The molecule has 1 saturated carbocycles. The van der Waals surface area contributed by atoms with E-state index in [1.807, 2.05) is 0 Å². The average Bonchev–Trinajstić information content (AvgIpc) is 2.86. The summed E-state index contributed by atoms with van der Waals surface area (Å²) in [5, 5.41) is 12.8. The summed E-state index contributed by atoms with van der Waals surface area (Å²) in [6.07, 6.45) is 3.38. The average molecular weight is 265 g/mol. The van der Waals surface area contributed by atoms with E-state index in [9.17, 15) is 5.11 Å². The normalized spacial score (nSPS) is 18.0. The molecular formula is C13H15NOS2. The summed E-state index contributed by atoms with van der Waals surface area (Å²) in [4.78, 5) is 7.29. The Labute approximate surface area is 109 Å². The van der Waals surface area contributed by atoms with Crippen LogP contribution in [0.15, 0.2) is 17.5 Å². The fourth-order valence-corrected chi connectivity index (χ4v) is 4.31. The minimum absolute atomic E-state index is 0.0229. The minimum Gasteiger partial charge on any atom is -0.395 e. The smallest absolute Gasteiger partial charge is 0.102 e. The highest BCUT2D eigenvalue weighted by Gasteiger charge is 2.41. The lowest BCUT2D eigenvalue weighted by Crippen LogP contribution is -2.37. The van der Waals surface area contributed by atoms with Crippen molar-refractivity contribution in [2.45, 2.75) is 31.6 Å². The van der Waals surface area contributed by atoms with Crippen LogP contribution < -0.4 is 0 Å². The molecule has 17 heavy (non-hydrogen) atoms. The zero-order chi connectivity index (χ0) is 11.9. The van der Waals surface area contributed by atoms with Crippen molar-refractivity contribution in [3.05, 3.63) is 27.4 Å². The number of thiophene rings is 1. The molecular weight excluding hydrogens is 250 g/mol. The SMILES string of the molecule is Cc1sc(C2(CO)CCC2)nc1-c1cccs1. The molecule has 0 radical (unpaired) electrons. The molecule has 0 bridgehead atoms. The number of aryl methyl sites for hydroxylation is 1. The quantitative estimate of drug-likeness (QED) is 0.920. The Morgan fingerprint density at radius 1 is 1.47 bits per heavy atom. The first-order valence-corrected chi connectivity index (χ1v) is 7.57. The fraction of sp³-hybridized carbons (Fsp3) is 0.462. The van der Waals surface area contributed by atoms with Gasteiger partial charge in [-0.3, -0.25) is 0 Å². The maximum atomic E-state index is 9.59. The Kier molecular flexibility index (Phi) is 2.81. The van der Waals surface area contributed by atoms with Crippen molar-refractivity contribution in [2.24, 2.45) is 0 Å². The molecule has 2 aromatic heterocycles. The summed E-state index contributed by atoms with van der Waals surface area (Å²) in [6.45, 7) is 2.36. The molecule has 0 aliphatic heterocycles. The number of hydrogen-bond acceptors (Lipinski definition) is 4. The first-order valence-electron chi connectivity index (χ1n) is 5.88. The van der Waals surface area contributed by atoms with Crippen molar-refractivity contribution in [3.8, 4) is 10.6 Å². The molecule has 1 aliphatic rings. The maximum absolute atomic E-state index is 9.59. The van der Waals surface area contributed by atoms with Crippen LogP contribution in [0.25, 0.3) is 10.6 Å². The van der Waals surface area contributed by atoms with Crippen LogP contribution in [-0.2, 0) is 5.41 Å². The minimum atomic E-state index is -0.0229. The summed E-state index contributed by atoms with van der Waals surface area (Å²) in [5.41, 5.74) is 1.09. The number of aliphatic hydroxyl groups excluding tert-OH is 1. The molecule has 0 aromatic carbocycles. The highest BCUT2D eigenvalue weighted by Crippen LogP contribution is 2.46. The second-order valence-electron chi connectivity index (χ2n) is 4.69. The summed E-state index contributed by atoms with van der Waals surface area (Å²) in [5.74, 6) is 0. The Morgan fingerprint density at radius 2 is 2.29 bits per heavy atom. The second kappa shape index (κ2) is 4.19. The van der Waals surface area contributed by atoms with Crippen LogP contribution in [0.5, 0.6) is 0 Å². The third-order valence-electron chi connectivity index (χ3n) is 3.62. The molecule has 0 spiro atoms. The topological polar surface area (TPSA) is 33.1 Å². The zero-order valence-electron chi connectivity index (χ0n) is 9.77. The molecule has 1 fully saturated rings. The summed E-state index contributed by atoms with van der Waals surface area (Å²) >= 11 is 3.48. The van der Waals surface area contributed by atoms with E-state index in [4.69, 9.17) is 4.98 Å². The first-order chi connectivity index (χ1) is 8.25. The van der Waals surface area contributed by atoms with Crippen LogP contribution in [0.2, 0.25) is 0 Å². The molecule has 2 nitrogen and oxygen atoms in total. The third-order valence-corrected chi connectivity index (χ3v) is 5.71. The van der Waals surface area contributed by atoms with E-state index in [-0.39, 0.29) is 12.0 Å². The second-order valence-corrected chi connectivity index (χ2v) is 6.84. The molecule has 0 unspecified atom stereocenters. The standard InChI is InChI=1S/C13H15NOS2/c1-9-11(10-4-2-7-16-10)14-12(17-9)13(8-15)5-3-6-13/h2,4,7,15H,3,5-6,8H2,1H3. The molecule has 2 heterocycles. The number of thiazole rings is 1. The van der Waals surface area contributed by atoms with Gasteiger partial charge in [-0.05, 0) is 31.2 Å². The molecule has 90 valence electrons. The summed E-state index contributed by atoms with van der Waals surface area (Å²) in [6, 6.07) is 4.17. The van der Waals surface area contributed by atoms with Gasteiger partial charge >= 0.3 is 0 Å². The van der Waals surface area contributed by atoms with Crippen molar-refractivity contribution in [1.82, 2.24) is 4.98 Å². The lowest BCUT2D eigenvalue weighted by Gasteiger charge is -2.38. The monoisotopic (exact) mass is 265 g/mol. The van der Waals surface area contributed by atoms with Gasteiger partial charge < -0.3 is 5.11 Å². The van der Waals surface area contributed by atoms with Crippen LogP contribution in [0.4, 0.5) is 0 Å². The summed E-state index contributed by atoms with van der Waals surface area (Å²) in [7, 11) is 0. The molecule has 4 heteroatoms. The molecule has 1 N–H and O–H groups in total. The van der Waals surface area contributed by atoms with Crippen LogP contribution in [-0.4, -0.2) is 16.7 Å². The van der Waals surface area contributed by atoms with E-state index in [1.165, 1.54) is 16.2 Å². The predicted octanol–water partition coefficient (Wildman–Crippen LogP) is 3.59. The third kappa shape index (κ3) is 1.75. The number of rotatable bonds is 3. The fourth-order valence-electron chi connectivity index (χ4n) is 2.31. The highest BCUT2D eigenvalue weighted by atomic mass is 32.1. The molecule has 0 atom stereocenters. The lowest BCUT2D eigenvalue weighted by atomic mass is 9.70. The highest BCUT2D eigenvalue weighted by molar-refractivity contribution is 7.15. The van der Waals surface area contributed by atoms with Crippen LogP contribution in [0.1, 0.15) is 29.1 Å². The Hall–Kier alpha value is -0.710. The number of aliphatic hydroxyl groups is 1. The van der Waals surface area contributed by atoms with Crippen LogP contribution >= 0.6 is 22.7 Å². The largest absolute Gasteiger partial charge is 0.395 e.